The van der Waals surface area contributed by atoms with Gasteiger partial charge in [-0.05, 0) is 25.2 Å². The van der Waals surface area contributed by atoms with Gasteiger partial charge in [-0.2, -0.15) is 0 Å². The first-order valence-corrected chi connectivity index (χ1v) is 6.90. The normalized spacial score (nSPS) is 14.6. The number of amides is 1. The van der Waals surface area contributed by atoms with Crippen LogP contribution in [0.1, 0.15) is 43.6 Å². The maximum absolute atomic E-state index is 12.3. The van der Waals surface area contributed by atoms with Crippen molar-refractivity contribution in [2.24, 2.45) is 5.92 Å². The highest BCUT2D eigenvalue weighted by Crippen LogP contribution is 2.27. The highest BCUT2D eigenvalue weighted by atomic mass is 16.4. The van der Waals surface area contributed by atoms with Crippen molar-refractivity contribution in [3.05, 3.63) is 11.9 Å². The highest BCUT2D eigenvalue weighted by molar-refractivity contribution is 5.84. The first-order chi connectivity index (χ1) is 9.47. The molecule has 7 nitrogen and oxygen atoms in total. The second-order valence-electron chi connectivity index (χ2n) is 5.61. The number of hydrogen-bond acceptors (Lipinski definition) is 4. The summed E-state index contributed by atoms with van der Waals surface area (Å²) in [6.45, 7) is 5.06. The van der Waals surface area contributed by atoms with Crippen molar-refractivity contribution >= 4 is 11.9 Å². The summed E-state index contributed by atoms with van der Waals surface area (Å²) in [5.41, 5.74) is -0.141. The quantitative estimate of drug-likeness (QED) is 0.805. The van der Waals surface area contributed by atoms with Crippen LogP contribution < -0.4 is 0 Å². The third kappa shape index (κ3) is 3.79. The van der Waals surface area contributed by atoms with E-state index in [1.165, 1.54) is 10.9 Å². The van der Waals surface area contributed by atoms with Gasteiger partial charge in [0.1, 0.15) is 6.54 Å². The number of hydrogen-bond donors (Lipinski definition) is 1. The Morgan fingerprint density at radius 3 is 2.70 bits per heavy atom. The van der Waals surface area contributed by atoms with Crippen molar-refractivity contribution in [3.63, 3.8) is 0 Å². The third-order valence-corrected chi connectivity index (χ3v) is 3.31. The number of carbonyl (C=O) groups is 2. The molecule has 1 amide bonds. The summed E-state index contributed by atoms with van der Waals surface area (Å²) in [6.07, 6.45) is 4.37. The number of nitrogens with zero attached hydrogens (tertiary/aromatic N) is 4. The lowest BCUT2D eigenvalue weighted by atomic mass is 10.1. The molecule has 7 heteroatoms. The molecule has 1 aromatic rings. The molecule has 1 saturated carbocycles. The molecule has 1 aliphatic carbocycles. The van der Waals surface area contributed by atoms with E-state index in [2.05, 4.69) is 24.2 Å². The summed E-state index contributed by atoms with van der Waals surface area (Å²) in [6, 6.07) is 0.351. The summed E-state index contributed by atoms with van der Waals surface area (Å²) in [7, 11) is 0. The van der Waals surface area contributed by atoms with E-state index in [-0.39, 0.29) is 18.1 Å². The molecule has 110 valence electrons. The van der Waals surface area contributed by atoms with Gasteiger partial charge in [0.25, 0.3) is 0 Å². The standard InChI is InChI=1S/C13H20N4O3/c1-9(2)5-6-17(10-3-4-10)12(18)8-16-7-11(13(19)20)14-15-16/h7,9-10H,3-6,8H2,1-2H3,(H,19,20). The number of carboxylic acid groups (broad SMARTS) is 1. The second kappa shape index (κ2) is 6.02. The number of carbonyl (C=O) groups excluding carboxylic acids is 1. The summed E-state index contributed by atoms with van der Waals surface area (Å²) in [4.78, 5) is 24.9. The number of aromatic carboxylic acids is 1. The molecule has 1 aromatic heterocycles. The molecule has 1 N–H and O–H groups in total. The zero-order valence-electron chi connectivity index (χ0n) is 11.8. The topological polar surface area (TPSA) is 88.3 Å². The first kappa shape index (κ1) is 14.5. The van der Waals surface area contributed by atoms with Gasteiger partial charge in [-0.3, -0.25) is 4.79 Å². The van der Waals surface area contributed by atoms with Gasteiger partial charge in [-0.1, -0.05) is 19.1 Å². The Hall–Kier alpha value is -1.92. The van der Waals surface area contributed by atoms with E-state index in [1.54, 1.807) is 0 Å². The molecule has 0 radical (unpaired) electrons. The lowest BCUT2D eigenvalue weighted by Gasteiger charge is -2.23. The first-order valence-electron chi connectivity index (χ1n) is 6.90. The Kier molecular flexibility index (Phi) is 4.36. The minimum atomic E-state index is -1.14. The average Bonchev–Trinajstić information content (AvgIpc) is 3.08. The van der Waals surface area contributed by atoms with Crippen molar-refractivity contribution < 1.29 is 14.7 Å². The molecule has 2 rings (SSSR count). The fourth-order valence-electron chi connectivity index (χ4n) is 2.00. The average molecular weight is 280 g/mol. The maximum Gasteiger partial charge on any atom is 0.358 e. The van der Waals surface area contributed by atoms with Gasteiger partial charge in [0.15, 0.2) is 5.69 Å². The van der Waals surface area contributed by atoms with Crippen LogP contribution in [0, 0.1) is 5.92 Å². The fraction of sp³-hybridized carbons (Fsp3) is 0.692. The molecular weight excluding hydrogens is 260 g/mol. The zero-order chi connectivity index (χ0) is 14.7. The van der Waals surface area contributed by atoms with Crippen LogP contribution in [0.15, 0.2) is 6.20 Å². The Bertz CT molecular complexity index is 494. The van der Waals surface area contributed by atoms with Crippen LogP contribution in [-0.4, -0.2) is 49.5 Å². The second-order valence-corrected chi connectivity index (χ2v) is 5.61. The van der Waals surface area contributed by atoms with Crippen LogP contribution in [-0.2, 0) is 11.3 Å². The predicted molar refractivity (Wildman–Crippen MR) is 71.2 cm³/mol. The lowest BCUT2D eigenvalue weighted by molar-refractivity contribution is -0.132. The molecule has 1 heterocycles. The Morgan fingerprint density at radius 1 is 1.50 bits per heavy atom. The SMILES string of the molecule is CC(C)CCN(C(=O)Cn1cc(C(=O)O)nn1)C1CC1. The van der Waals surface area contributed by atoms with Gasteiger partial charge in [0.05, 0.1) is 6.20 Å². The minimum absolute atomic E-state index is 0.0185. The van der Waals surface area contributed by atoms with Gasteiger partial charge in [-0.25, -0.2) is 9.48 Å². The van der Waals surface area contributed by atoms with Crippen LogP contribution in [0.5, 0.6) is 0 Å². The van der Waals surface area contributed by atoms with E-state index in [4.69, 9.17) is 5.11 Å². The van der Waals surface area contributed by atoms with Crippen LogP contribution in [0.4, 0.5) is 0 Å². The molecule has 20 heavy (non-hydrogen) atoms. The van der Waals surface area contributed by atoms with E-state index in [0.29, 0.717) is 12.0 Å². The van der Waals surface area contributed by atoms with E-state index in [0.717, 1.165) is 25.8 Å². The zero-order valence-corrected chi connectivity index (χ0v) is 11.8. The Labute approximate surface area is 117 Å². The Morgan fingerprint density at radius 2 is 2.20 bits per heavy atom. The smallest absolute Gasteiger partial charge is 0.358 e. The van der Waals surface area contributed by atoms with E-state index < -0.39 is 5.97 Å². The molecule has 0 bridgehead atoms. The fourth-order valence-corrected chi connectivity index (χ4v) is 2.00. The monoisotopic (exact) mass is 280 g/mol. The molecule has 1 aliphatic rings. The largest absolute Gasteiger partial charge is 0.476 e. The Balaban J connectivity index is 1.95. The lowest BCUT2D eigenvalue weighted by Crippen LogP contribution is -2.37. The number of carboxylic acids is 1. The summed E-state index contributed by atoms with van der Waals surface area (Å²) in [5.74, 6) is -0.605. The summed E-state index contributed by atoms with van der Waals surface area (Å²) < 4.78 is 1.29. The number of rotatable bonds is 7. The molecule has 0 aliphatic heterocycles. The third-order valence-electron chi connectivity index (χ3n) is 3.31. The van der Waals surface area contributed by atoms with Gasteiger partial charge in [-0.15, -0.1) is 5.10 Å². The van der Waals surface area contributed by atoms with Gasteiger partial charge in [0, 0.05) is 12.6 Å². The van der Waals surface area contributed by atoms with Crippen molar-refractivity contribution in [1.29, 1.82) is 0 Å². The van der Waals surface area contributed by atoms with Crippen LogP contribution in [0.25, 0.3) is 0 Å². The number of aromatic nitrogens is 3. The van der Waals surface area contributed by atoms with Crippen molar-refractivity contribution in [2.75, 3.05) is 6.54 Å². The van der Waals surface area contributed by atoms with Gasteiger partial charge in [0.2, 0.25) is 5.91 Å². The van der Waals surface area contributed by atoms with E-state index >= 15 is 0 Å². The highest BCUT2D eigenvalue weighted by Gasteiger charge is 2.32. The predicted octanol–water partition coefficient (Wildman–Crippen LogP) is 1.01. The van der Waals surface area contributed by atoms with Crippen LogP contribution >= 0.6 is 0 Å². The molecule has 0 unspecified atom stereocenters. The van der Waals surface area contributed by atoms with Crippen LogP contribution in [0.2, 0.25) is 0 Å². The van der Waals surface area contributed by atoms with Gasteiger partial charge < -0.3 is 10.0 Å². The molecule has 0 spiro atoms. The summed E-state index contributed by atoms with van der Waals surface area (Å²) in [5, 5.41) is 16.0. The molecule has 1 fully saturated rings. The van der Waals surface area contributed by atoms with Crippen molar-refractivity contribution in [1.82, 2.24) is 19.9 Å². The molecule has 0 saturated heterocycles. The minimum Gasteiger partial charge on any atom is -0.476 e. The molecule has 0 atom stereocenters. The van der Waals surface area contributed by atoms with Crippen molar-refractivity contribution in [2.45, 2.75) is 45.7 Å². The van der Waals surface area contributed by atoms with E-state index in [9.17, 15) is 9.59 Å². The van der Waals surface area contributed by atoms with Crippen molar-refractivity contribution in [3.8, 4) is 0 Å². The van der Waals surface area contributed by atoms with Crippen LogP contribution in [0.3, 0.4) is 0 Å². The van der Waals surface area contributed by atoms with E-state index in [1.807, 2.05) is 4.90 Å². The summed E-state index contributed by atoms with van der Waals surface area (Å²) >= 11 is 0. The molecule has 0 aromatic carbocycles. The van der Waals surface area contributed by atoms with Gasteiger partial charge >= 0.3 is 5.97 Å². The maximum atomic E-state index is 12.3. The molecular formula is C13H20N4O3.